The number of para-hydroxylation sites is 1. The summed E-state index contributed by atoms with van der Waals surface area (Å²) in [5.74, 6) is -2.56. The van der Waals surface area contributed by atoms with Crippen LogP contribution >= 0.6 is 7.75 Å². The summed E-state index contributed by atoms with van der Waals surface area (Å²) in [4.78, 5) is 27.3. The molecule has 3 rings (SSSR count). The van der Waals surface area contributed by atoms with Crippen molar-refractivity contribution in [3.05, 3.63) is 42.4 Å². The quantitative estimate of drug-likeness (QED) is 0.197. The van der Waals surface area contributed by atoms with Crippen molar-refractivity contribution in [1.82, 2.24) is 14.6 Å². The average Bonchev–Trinajstić information content (AvgIpc) is 3.35. The number of nitrogens with zero attached hydrogens (tertiary/aromatic N) is 2. The van der Waals surface area contributed by atoms with Crippen LogP contribution in [0.25, 0.3) is 0 Å². The Bertz CT molecular complexity index is 1110. The van der Waals surface area contributed by atoms with E-state index in [9.17, 15) is 29.5 Å². The lowest BCUT2D eigenvalue weighted by Gasteiger charge is -2.27. The summed E-state index contributed by atoms with van der Waals surface area (Å²) < 4.78 is 36.1. The first-order valence-corrected chi connectivity index (χ1v) is 12.4. The number of aromatic nitrogens is 2. The third-order valence-electron chi connectivity index (χ3n) is 5.41. The second-order valence-electron chi connectivity index (χ2n) is 8.31. The van der Waals surface area contributed by atoms with Crippen molar-refractivity contribution in [2.45, 2.75) is 44.4 Å². The van der Waals surface area contributed by atoms with E-state index in [0.29, 0.717) is 0 Å². The highest BCUT2D eigenvalue weighted by atomic mass is 31.2. The lowest BCUT2D eigenvalue weighted by atomic mass is 10.1. The fraction of sp³-hybridized carbons (Fsp3) is 0.476. The van der Waals surface area contributed by atoms with Gasteiger partial charge in [0.25, 0.3) is 5.91 Å². The van der Waals surface area contributed by atoms with E-state index in [2.05, 4.69) is 10.1 Å². The molecule has 1 unspecified atom stereocenters. The lowest BCUT2D eigenvalue weighted by molar-refractivity contribution is -0.143. The van der Waals surface area contributed by atoms with E-state index in [1.54, 1.807) is 32.0 Å². The predicted octanol–water partition coefficient (Wildman–Crippen LogP) is 0.298. The minimum absolute atomic E-state index is 0.175. The van der Waals surface area contributed by atoms with E-state index in [4.69, 9.17) is 24.3 Å². The Morgan fingerprint density at radius 2 is 1.92 bits per heavy atom. The van der Waals surface area contributed by atoms with Crippen molar-refractivity contribution >= 4 is 19.6 Å². The zero-order valence-corrected chi connectivity index (χ0v) is 20.6. The van der Waals surface area contributed by atoms with Crippen LogP contribution in [0, 0.1) is 5.92 Å². The van der Waals surface area contributed by atoms with Crippen molar-refractivity contribution in [2.24, 2.45) is 11.7 Å². The predicted molar refractivity (Wildman–Crippen MR) is 123 cm³/mol. The number of carbonyl (C=O) groups is 2. The van der Waals surface area contributed by atoms with Crippen LogP contribution in [0.5, 0.6) is 11.6 Å². The molecule has 1 aliphatic rings. The second kappa shape index (κ2) is 11.4. The molecular formula is C21H29N4O10P. The normalized spacial score (nSPS) is 24.3. The van der Waals surface area contributed by atoms with Crippen LogP contribution in [0.15, 0.2) is 36.7 Å². The van der Waals surface area contributed by atoms with Gasteiger partial charge in [0.2, 0.25) is 5.88 Å². The molecule has 1 fully saturated rings. The molecule has 2 heterocycles. The Morgan fingerprint density at radius 1 is 1.25 bits per heavy atom. The van der Waals surface area contributed by atoms with Gasteiger partial charge in [0.05, 0.1) is 13.7 Å². The van der Waals surface area contributed by atoms with Gasteiger partial charge in [-0.25, -0.2) is 9.55 Å². The molecule has 2 aromatic rings. The Morgan fingerprint density at radius 3 is 2.47 bits per heavy atom. The number of aliphatic hydroxyl groups is 2. The van der Waals surface area contributed by atoms with E-state index in [-0.39, 0.29) is 11.7 Å². The van der Waals surface area contributed by atoms with Crippen molar-refractivity contribution in [2.75, 3.05) is 13.7 Å². The van der Waals surface area contributed by atoms with Gasteiger partial charge in [-0.05, 0) is 18.1 Å². The smallest absolute Gasteiger partial charge is 0.459 e. The lowest BCUT2D eigenvalue weighted by Crippen LogP contribution is -2.42. The minimum Gasteiger partial charge on any atom is -0.493 e. The average molecular weight is 528 g/mol. The highest BCUT2D eigenvalue weighted by Gasteiger charge is 2.46. The number of imidazole rings is 1. The van der Waals surface area contributed by atoms with Gasteiger partial charge in [-0.2, -0.15) is 5.09 Å². The van der Waals surface area contributed by atoms with Gasteiger partial charge in [0, 0.05) is 0 Å². The molecule has 36 heavy (non-hydrogen) atoms. The first-order chi connectivity index (χ1) is 17.0. The number of benzene rings is 1. The van der Waals surface area contributed by atoms with Gasteiger partial charge in [0.15, 0.2) is 11.9 Å². The summed E-state index contributed by atoms with van der Waals surface area (Å²) >= 11 is 0. The number of hydrogen-bond donors (Lipinski definition) is 5. The number of aromatic hydroxyl groups is 1. The Balaban J connectivity index is 1.80. The summed E-state index contributed by atoms with van der Waals surface area (Å²) in [5.41, 5.74) is 4.68. The summed E-state index contributed by atoms with van der Waals surface area (Å²) in [6.45, 7) is 2.84. The zero-order valence-electron chi connectivity index (χ0n) is 19.8. The molecular weight excluding hydrogens is 499 g/mol. The van der Waals surface area contributed by atoms with Gasteiger partial charge in [-0.3, -0.25) is 18.7 Å². The van der Waals surface area contributed by atoms with E-state index in [1.807, 2.05) is 0 Å². The number of amides is 1. The number of primary amides is 1. The number of carbonyl (C=O) groups excluding carboxylic acids is 2. The number of esters is 1. The Labute approximate surface area is 206 Å². The zero-order chi connectivity index (χ0) is 26.6. The summed E-state index contributed by atoms with van der Waals surface area (Å²) in [7, 11) is -3.10. The maximum absolute atomic E-state index is 13.7. The maximum Gasteiger partial charge on any atom is 0.459 e. The molecule has 0 spiro atoms. The monoisotopic (exact) mass is 528 g/mol. The van der Waals surface area contributed by atoms with Crippen LogP contribution < -0.4 is 15.3 Å². The molecule has 1 saturated heterocycles. The molecule has 0 aliphatic carbocycles. The van der Waals surface area contributed by atoms with Crippen LogP contribution in [0.3, 0.4) is 0 Å². The number of methoxy groups -OCH3 is 1. The summed E-state index contributed by atoms with van der Waals surface area (Å²) in [6.07, 6.45) is -4.75. The van der Waals surface area contributed by atoms with Crippen LogP contribution in [-0.2, 0) is 23.4 Å². The van der Waals surface area contributed by atoms with Crippen molar-refractivity contribution in [3.63, 3.8) is 0 Å². The molecule has 1 aromatic heterocycles. The van der Waals surface area contributed by atoms with Crippen LogP contribution in [0.4, 0.5) is 0 Å². The molecule has 0 saturated carbocycles. The molecule has 15 heteroatoms. The van der Waals surface area contributed by atoms with Crippen molar-refractivity contribution in [3.8, 4) is 11.6 Å². The molecule has 198 valence electrons. The van der Waals surface area contributed by atoms with Gasteiger partial charge >= 0.3 is 13.7 Å². The van der Waals surface area contributed by atoms with Crippen LogP contribution in [0.2, 0.25) is 0 Å². The van der Waals surface area contributed by atoms with Crippen LogP contribution in [0.1, 0.15) is 30.6 Å². The van der Waals surface area contributed by atoms with Gasteiger partial charge in [-0.1, -0.05) is 32.0 Å². The van der Waals surface area contributed by atoms with Gasteiger partial charge in [-0.15, -0.1) is 0 Å². The maximum atomic E-state index is 13.7. The minimum atomic E-state index is -4.28. The fourth-order valence-corrected chi connectivity index (χ4v) is 5.13. The third-order valence-corrected chi connectivity index (χ3v) is 6.94. The van der Waals surface area contributed by atoms with Gasteiger partial charge < -0.3 is 35.1 Å². The second-order valence-corrected chi connectivity index (χ2v) is 10.0. The SMILES string of the molecule is COC(=O)[C@@H](NP(=O)(OC[C@H]1O[C@@H](n2cnc(C(N)=O)c2O)[C@H](O)[C@@H]1O)Oc1ccccc1)C(C)C. The van der Waals surface area contributed by atoms with E-state index >= 15 is 0 Å². The molecule has 14 nitrogen and oxygen atoms in total. The third kappa shape index (κ3) is 6.03. The number of hydrogen-bond acceptors (Lipinski definition) is 11. The molecule has 1 aliphatic heterocycles. The first kappa shape index (κ1) is 27.6. The van der Waals surface area contributed by atoms with E-state index in [0.717, 1.165) is 10.9 Å². The summed E-state index contributed by atoms with van der Waals surface area (Å²) in [6, 6.07) is 6.99. The van der Waals surface area contributed by atoms with Crippen molar-refractivity contribution < 1.29 is 48.0 Å². The van der Waals surface area contributed by atoms with E-state index < -0.39 is 68.4 Å². The largest absolute Gasteiger partial charge is 0.493 e. The molecule has 1 amide bonds. The highest BCUT2D eigenvalue weighted by Crippen LogP contribution is 2.46. The number of ether oxygens (including phenoxy) is 2. The molecule has 0 bridgehead atoms. The standard InChI is InChI=1S/C21H29N4O10P/c1-11(2)14(21(30)32-3)24-36(31,35-12-7-5-4-6-8-12)33-9-13-16(26)17(27)20(34-13)25-10-23-15(18(22)28)19(25)29/h4-8,10-11,13-14,16-17,20,26-27,29H,9H2,1-3H3,(H2,22,28)(H,24,31)/t13-,14+,16-,17-,20-,36?/m1/s1. The summed E-state index contributed by atoms with van der Waals surface area (Å²) in [5, 5.41) is 33.7. The molecule has 6 atom stereocenters. The van der Waals surface area contributed by atoms with Crippen molar-refractivity contribution in [1.29, 1.82) is 0 Å². The number of rotatable bonds is 11. The number of aliphatic hydroxyl groups excluding tert-OH is 2. The Kier molecular flexibility index (Phi) is 8.71. The topological polar surface area (TPSA) is 205 Å². The fourth-order valence-electron chi connectivity index (χ4n) is 3.46. The molecule has 0 radical (unpaired) electrons. The highest BCUT2D eigenvalue weighted by molar-refractivity contribution is 7.52. The number of nitrogens with two attached hydrogens (primary N) is 1. The first-order valence-electron chi connectivity index (χ1n) is 10.9. The van der Waals surface area contributed by atoms with Gasteiger partial charge in [0.1, 0.15) is 36.4 Å². The Hall–Kier alpha value is -3.00. The molecule has 6 N–H and O–H groups in total. The van der Waals surface area contributed by atoms with E-state index in [1.165, 1.54) is 19.2 Å². The molecule has 1 aromatic carbocycles. The van der Waals surface area contributed by atoms with Crippen LogP contribution in [-0.4, -0.2) is 74.8 Å². The number of nitrogens with one attached hydrogen (secondary N) is 1.